The maximum absolute atomic E-state index is 9.07. The van der Waals surface area contributed by atoms with Crippen molar-refractivity contribution in [1.29, 1.82) is 0 Å². The molecule has 0 atom stereocenters. The summed E-state index contributed by atoms with van der Waals surface area (Å²) in [5.74, 6) is 0. The lowest BCUT2D eigenvalue weighted by Gasteiger charge is -2.35. The predicted octanol–water partition coefficient (Wildman–Crippen LogP) is 1.33. The summed E-state index contributed by atoms with van der Waals surface area (Å²) in [6.07, 6.45) is 1.02. The average Bonchev–Trinajstić information content (AvgIpc) is 2.12. The maximum atomic E-state index is 9.07. The number of hydrogen-bond donors (Lipinski definition) is 1. The molecule has 0 unspecified atom stereocenters. The third-order valence-electron chi connectivity index (χ3n) is 2.50. The molecule has 2 rings (SSSR count). The van der Waals surface area contributed by atoms with Gasteiger partial charge in [0.05, 0.1) is 6.10 Å². The lowest BCUT2D eigenvalue weighted by Crippen LogP contribution is -2.51. The van der Waals surface area contributed by atoms with Gasteiger partial charge >= 0.3 is 0 Å². The van der Waals surface area contributed by atoms with E-state index in [1.54, 1.807) is 0 Å². The van der Waals surface area contributed by atoms with Gasteiger partial charge in [-0.1, -0.05) is 30.3 Å². The molecule has 1 N–H and O–H groups in total. The second-order valence-corrected chi connectivity index (χ2v) is 3.65. The van der Waals surface area contributed by atoms with E-state index >= 15 is 0 Å². The number of aliphatic hydroxyl groups is 1. The predicted molar refractivity (Wildman–Crippen MR) is 59.8 cm³/mol. The van der Waals surface area contributed by atoms with Crippen LogP contribution in [0.3, 0.4) is 0 Å². The molecule has 1 fully saturated rings. The van der Waals surface area contributed by atoms with Crippen molar-refractivity contribution in [1.82, 2.24) is 4.90 Å². The standard InChI is InChI=1S/C11H15NO.ClH/c13-11-8-12(9-11)7-6-10-4-2-1-3-5-10;/h1-5,11,13H,6-9H2;1H. The minimum Gasteiger partial charge on any atom is -0.390 e. The molecule has 0 aliphatic carbocycles. The van der Waals surface area contributed by atoms with Gasteiger partial charge in [-0.15, -0.1) is 12.4 Å². The second-order valence-electron chi connectivity index (χ2n) is 3.65. The van der Waals surface area contributed by atoms with Gasteiger partial charge in [0.2, 0.25) is 0 Å². The number of likely N-dealkylation sites (tertiary alicyclic amines) is 1. The quantitative estimate of drug-likeness (QED) is 0.819. The van der Waals surface area contributed by atoms with Crippen LogP contribution in [0.25, 0.3) is 0 Å². The number of aliphatic hydroxyl groups excluding tert-OH is 1. The lowest BCUT2D eigenvalue weighted by atomic mass is 10.1. The molecular formula is C11H16ClNO. The fraction of sp³-hybridized carbons (Fsp3) is 0.455. The van der Waals surface area contributed by atoms with E-state index in [1.165, 1.54) is 5.56 Å². The highest BCUT2D eigenvalue weighted by atomic mass is 35.5. The van der Waals surface area contributed by atoms with E-state index in [9.17, 15) is 0 Å². The molecule has 1 aliphatic heterocycles. The van der Waals surface area contributed by atoms with Crippen LogP contribution >= 0.6 is 12.4 Å². The van der Waals surface area contributed by atoms with E-state index in [0.717, 1.165) is 26.1 Å². The summed E-state index contributed by atoms with van der Waals surface area (Å²) in [7, 11) is 0. The Morgan fingerprint density at radius 2 is 1.86 bits per heavy atom. The first-order valence-corrected chi connectivity index (χ1v) is 4.79. The third-order valence-corrected chi connectivity index (χ3v) is 2.50. The maximum Gasteiger partial charge on any atom is 0.0793 e. The number of nitrogens with zero attached hydrogens (tertiary/aromatic N) is 1. The largest absolute Gasteiger partial charge is 0.390 e. The number of halogens is 1. The van der Waals surface area contributed by atoms with E-state index in [4.69, 9.17) is 5.11 Å². The molecule has 0 spiro atoms. The van der Waals surface area contributed by atoms with Crippen LogP contribution in [0, 0.1) is 0 Å². The fourth-order valence-corrected chi connectivity index (χ4v) is 1.66. The van der Waals surface area contributed by atoms with Crippen LogP contribution in [0.1, 0.15) is 5.56 Å². The normalized spacial score (nSPS) is 17.2. The first-order chi connectivity index (χ1) is 6.34. The molecular weight excluding hydrogens is 198 g/mol. The Labute approximate surface area is 91.0 Å². The van der Waals surface area contributed by atoms with E-state index in [-0.39, 0.29) is 18.5 Å². The minimum absolute atomic E-state index is 0. The van der Waals surface area contributed by atoms with Crippen LogP contribution in [0.15, 0.2) is 30.3 Å². The minimum atomic E-state index is -0.0734. The van der Waals surface area contributed by atoms with Gasteiger partial charge in [0.15, 0.2) is 0 Å². The summed E-state index contributed by atoms with van der Waals surface area (Å²) >= 11 is 0. The molecule has 0 aromatic heterocycles. The van der Waals surface area contributed by atoms with Gasteiger partial charge in [-0.3, -0.25) is 4.90 Å². The van der Waals surface area contributed by atoms with Crippen molar-refractivity contribution in [3.63, 3.8) is 0 Å². The van der Waals surface area contributed by atoms with Crippen molar-refractivity contribution in [2.75, 3.05) is 19.6 Å². The van der Waals surface area contributed by atoms with Gasteiger partial charge in [-0.05, 0) is 12.0 Å². The molecule has 0 saturated carbocycles. The van der Waals surface area contributed by atoms with Gasteiger partial charge in [0, 0.05) is 19.6 Å². The SMILES string of the molecule is Cl.OC1CN(CCc2ccccc2)C1. The topological polar surface area (TPSA) is 23.5 Å². The average molecular weight is 214 g/mol. The van der Waals surface area contributed by atoms with Crippen LogP contribution < -0.4 is 0 Å². The summed E-state index contributed by atoms with van der Waals surface area (Å²) in [5.41, 5.74) is 1.38. The summed E-state index contributed by atoms with van der Waals surface area (Å²) in [4.78, 5) is 2.28. The van der Waals surface area contributed by atoms with E-state index in [2.05, 4.69) is 29.2 Å². The Morgan fingerprint density at radius 1 is 1.21 bits per heavy atom. The van der Waals surface area contributed by atoms with Crippen LogP contribution in [-0.2, 0) is 6.42 Å². The third kappa shape index (κ3) is 2.98. The molecule has 14 heavy (non-hydrogen) atoms. The second kappa shape index (κ2) is 5.35. The zero-order chi connectivity index (χ0) is 9.10. The molecule has 0 radical (unpaired) electrons. The van der Waals surface area contributed by atoms with Crippen LogP contribution in [0.4, 0.5) is 0 Å². The van der Waals surface area contributed by atoms with Crippen LogP contribution in [-0.4, -0.2) is 35.7 Å². The number of rotatable bonds is 3. The molecule has 1 aliphatic rings. The molecule has 1 aromatic carbocycles. The molecule has 3 heteroatoms. The van der Waals surface area contributed by atoms with Crippen molar-refractivity contribution in [3.8, 4) is 0 Å². The molecule has 2 nitrogen and oxygen atoms in total. The molecule has 0 amide bonds. The Bertz CT molecular complexity index is 259. The highest BCUT2D eigenvalue weighted by Crippen LogP contribution is 2.08. The van der Waals surface area contributed by atoms with E-state index < -0.39 is 0 Å². The fourth-order valence-electron chi connectivity index (χ4n) is 1.66. The Kier molecular flexibility index (Phi) is 4.39. The smallest absolute Gasteiger partial charge is 0.0793 e. The molecule has 1 heterocycles. The monoisotopic (exact) mass is 213 g/mol. The van der Waals surface area contributed by atoms with Crippen molar-refractivity contribution < 1.29 is 5.11 Å². The molecule has 1 aromatic rings. The van der Waals surface area contributed by atoms with E-state index in [0.29, 0.717) is 0 Å². The lowest BCUT2D eigenvalue weighted by molar-refractivity contribution is 0.00310. The van der Waals surface area contributed by atoms with Crippen LogP contribution in [0.5, 0.6) is 0 Å². The molecule has 0 bridgehead atoms. The van der Waals surface area contributed by atoms with Crippen molar-refractivity contribution in [3.05, 3.63) is 35.9 Å². The first-order valence-electron chi connectivity index (χ1n) is 4.79. The highest BCUT2D eigenvalue weighted by molar-refractivity contribution is 5.85. The highest BCUT2D eigenvalue weighted by Gasteiger charge is 2.23. The van der Waals surface area contributed by atoms with E-state index in [1.807, 2.05) is 6.07 Å². The zero-order valence-electron chi connectivity index (χ0n) is 8.10. The summed E-state index contributed by atoms with van der Waals surface area (Å²) in [5, 5.41) is 9.07. The Morgan fingerprint density at radius 3 is 2.43 bits per heavy atom. The van der Waals surface area contributed by atoms with Gasteiger partial charge in [0.1, 0.15) is 0 Å². The number of benzene rings is 1. The van der Waals surface area contributed by atoms with Gasteiger partial charge in [-0.25, -0.2) is 0 Å². The Balaban J connectivity index is 0.000000980. The zero-order valence-corrected chi connectivity index (χ0v) is 8.91. The van der Waals surface area contributed by atoms with Crippen molar-refractivity contribution >= 4 is 12.4 Å². The van der Waals surface area contributed by atoms with Gasteiger partial charge < -0.3 is 5.11 Å². The van der Waals surface area contributed by atoms with Crippen molar-refractivity contribution in [2.24, 2.45) is 0 Å². The molecule has 78 valence electrons. The first kappa shape index (κ1) is 11.5. The summed E-state index contributed by atoms with van der Waals surface area (Å²) in [6, 6.07) is 10.5. The molecule has 1 saturated heterocycles. The summed E-state index contributed by atoms with van der Waals surface area (Å²) in [6.45, 7) is 2.78. The summed E-state index contributed by atoms with van der Waals surface area (Å²) < 4.78 is 0. The van der Waals surface area contributed by atoms with Crippen molar-refractivity contribution in [2.45, 2.75) is 12.5 Å². The number of hydrogen-bond acceptors (Lipinski definition) is 2. The van der Waals surface area contributed by atoms with Gasteiger partial charge in [-0.2, -0.15) is 0 Å². The van der Waals surface area contributed by atoms with Gasteiger partial charge in [0.25, 0.3) is 0 Å². The van der Waals surface area contributed by atoms with Crippen LogP contribution in [0.2, 0.25) is 0 Å². The Hall–Kier alpha value is -0.570. The number of β-amino-alcohol motifs (C(OH)–C–C–N with tert-alkyl or cyclic N) is 1.